The number of ether oxygens (including phenoxy) is 1. The fourth-order valence-electron chi connectivity index (χ4n) is 3.31. The molecule has 2 atom stereocenters. The molecule has 0 radical (unpaired) electrons. The number of carbonyl (C=O) groups excluding carboxylic acids is 2. The minimum Gasteiger partial charge on any atom is -0.477 e. The number of rotatable bonds is 6. The molecule has 6 heteroatoms. The van der Waals surface area contributed by atoms with Gasteiger partial charge >= 0.3 is 0 Å². The van der Waals surface area contributed by atoms with Crippen LogP contribution in [0.1, 0.15) is 25.5 Å². The summed E-state index contributed by atoms with van der Waals surface area (Å²) in [5.74, 6) is 0.0955. The van der Waals surface area contributed by atoms with E-state index < -0.39 is 12.0 Å². The lowest BCUT2D eigenvalue weighted by atomic mass is 9.96. The summed E-state index contributed by atoms with van der Waals surface area (Å²) in [6.07, 6.45) is -0.848. The van der Waals surface area contributed by atoms with Crippen molar-refractivity contribution in [1.29, 1.82) is 0 Å². The molecule has 0 aromatic heterocycles. The Morgan fingerprint density at radius 3 is 2.48 bits per heavy atom. The number of para-hydroxylation sites is 2. The van der Waals surface area contributed by atoms with Gasteiger partial charge in [-0.15, -0.1) is 0 Å². The number of primary amides is 1. The number of nitrogens with one attached hydrogen (secondary N) is 1. The normalized spacial score (nSPS) is 17.1. The molecule has 27 heavy (non-hydrogen) atoms. The molecule has 0 saturated heterocycles. The van der Waals surface area contributed by atoms with Crippen LogP contribution in [0.15, 0.2) is 54.6 Å². The fourth-order valence-corrected chi connectivity index (χ4v) is 3.31. The van der Waals surface area contributed by atoms with Gasteiger partial charge in [-0.3, -0.25) is 9.59 Å². The van der Waals surface area contributed by atoms with Gasteiger partial charge < -0.3 is 20.7 Å². The van der Waals surface area contributed by atoms with Crippen LogP contribution in [0.25, 0.3) is 0 Å². The van der Waals surface area contributed by atoms with E-state index in [0.717, 1.165) is 5.56 Å². The molecule has 3 N–H and O–H groups in total. The number of fused-ring (bicyclic) bond motifs is 1. The third-order valence-corrected chi connectivity index (χ3v) is 4.69. The first-order valence-electron chi connectivity index (χ1n) is 9.11. The smallest absolute Gasteiger partial charge is 0.260 e. The molecular weight excluding hydrogens is 342 g/mol. The largest absolute Gasteiger partial charge is 0.477 e. The van der Waals surface area contributed by atoms with Crippen molar-refractivity contribution in [2.24, 2.45) is 11.7 Å². The lowest BCUT2D eigenvalue weighted by Crippen LogP contribution is -2.51. The molecule has 1 heterocycles. The molecule has 1 aliphatic heterocycles. The summed E-state index contributed by atoms with van der Waals surface area (Å²) in [7, 11) is 0. The molecule has 2 aromatic rings. The van der Waals surface area contributed by atoms with E-state index >= 15 is 0 Å². The van der Waals surface area contributed by atoms with Crippen molar-refractivity contribution >= 4 is 17.5 Å². The van der Waals surface area contributed by atoms with Gasteiger partial charge in [0.1, 0.15) is 5.75 Å². The van der Waals surface area contributed by atoms with Gasteiger partial charge in [0, 0.05) is 6.04 Å². The van der Waals surface area contributed by atoms with Crippen LogP contribution >= 0.6 is 0 Å². The number of benzene rings is 2. The number of nitrogens with zero attached hydrogens (tertiary/aromatic N) is 1. The van der Waals surface area contributed by atoms with E-state index in [1.807, 2.05) is 30.3 Å². The van der Waals surface area contributed by atoms with Crippen LogP contribution in [0.2, 0.25) is 0 Å². The zero-order valence-corrected chi connectivity index (χ0v) is 15.6. The maximum absolute atomic E-state index is 12.9. The molecule has 0 fully saturated rings. The maximum atomic E-state index is 12.9. The van der Waals surface area contributed by atoms with E-state index in [1.165, 1.54) is 0 Å². The molecule has 0 saturated carbocycles. The van der Waals surface area contributed by atoms with E-state index in [0.29, 0.717) is 17.4 Å². The highest BCUT2D eigenvalue weighted by molar-refractivity contribution is 5.98. The predicted octanol–water partition coefficient (Wildman–Crippen LogP) is 2.25. The molecule has 6 nitrogen and oxygen atoms in total. The monoisotopic (exact) mass is 367 g/mol. The highest BCUT2D eigenvalue weighted by Crippen LogP contribution is 2.33. The third kappa shape index (κ3) is 4.28. The number of nitrogens with two attached hydrogens (primary N) is 1. The molecule has 2 aromatic carbocycles. The van der Waals surface area contributed by atoms with Crippen LogP contribution in [0.3, 0.4) is 0 Å². The Hall–Kier alpha value is -2.86. The highest BCUT2D eigenvalue weighted by Gasteiger charge is 2.32. The van der Waals surface area contributed by atoms with Crippen molar-refractivity contribution in [2.75, 3.05) is 18.0 Å². The second kappa shape index (κ2) is 8.22. The highest BCUT2D eigenvalue weighted by atomic mass is 16.5. The Bertz CT molecular complexity index is 807. The Kier molecular flexibility index (Phi) is 5.76. The summed E-state index contributed by atoms with van der Waals surface area (Å²) in [5, 5.41) is 3.36. The summed E-state index contributed by atoms with van der Waals surface area (Å²) < 4.78 is 5.62. The quantitative estimate of drug-likeness (QED) is 0.820. The lowest BCUT2D eigenvalue weighted by molar-refractivity contribution is -0.125. The number of hydrogen-bond donors (Lipinski definition) is 2. The average molecular weight is 367 g/mol. The van der Waals surface area contributed by atoms with Crippen LogP contribution in [0.5, 0.6) is 5.75 Å². The second-order valence-electron chi connectivity index (χ2n) is 6.99. The van der Waals surface area contributed by atoms with Crippen LogP contribution in [0.4, 0.5) is 5.69 Å². The summed E-state index contributed by atoms with van der Waals surface area (Å²) in [6, 6.07) is 17.3. The SMILES string of the molecule is CC(C)[C@H](NCC(=O)N1C[C@H](C(N)=O)Oc2ccccc21)c1ccccc1. The topological polar surface area (TPSA) is 84.7 Å². The van der Waals surface area contributed by atoms with Crippen molar-refractivity contribution in [3.8, 4) is 5.75 Å². The van der Waals surface area contributed by atoms with Gasteiger partial charge in [-0.25, -0.2) is 0 Å². The van der Waals surface area contributed by atoms with Gasteiger partial charge in [0.2, 0.25) is 5.91 Å². The first-order chi connectivity index (χ1) is 13.0. The second-order valence-corrected chi connectivity index (χ2v) is 6.99. The Morgan fingerprint density at radius 2 is 1.81 bits per heavy atom. The number of carbonyl (C=O) groups is 2. The van der Waals surface area contributed by atoms with Gasteiger partial charge in [-0.1, -0.05) is 56.3 Å². The molecule has 2 amide bonds. The van der Waals surface area contributed by atoms with Gasteiger partial charge in [0.15, 0.2) is 6.10 Å². The fraction of sp³-hybridized carbons (Fsp3) is 0.333. The van der Waals surface area contributed by atoms with Gasteiger partial charge in [0.25, 0.3) is 5.91 Å². The summed E-state index contributed by atoms with van der Waals surface area (Å²) in [4.78, 5) is 26.1. The van der Waals surface area contributed by atoms with Crippen molar-refractivity contribution < 1.29 is 14.3 Å². The zero-order valence-electron chi connectivity index (χ0n) is 15.6. The van der Waals surface area contributed by atoms with E-state index in [4.69, 9.17) is 10.5 Å². The van der Waals surface area contributed by atoms with Crippen molar-refractivity contribution in [1.82, 2.24) is 5.32 Å². The zero-order chi connectivity index (χ0) is 19.4. The Labute approximate surface area is 159 Å². The number of anilines is 1. The Morgan fingerprint density at radius 1 is 1.15 bits per heavy atom. The number of amides is 2. The Balaban J connectivity index is 1.76. The molecule has 0 aliphatic carbocycles. The molecular formula is C21H25N3O3. The van der Waals surface area contributed by atoms with Gasteiger partial charge in [-0.2, -0.15) is 0 Å². The minimum absolute atomic E-state index is 0.0540. The van der Waals surface area contributed by atoms with E-state index in [2.05, 4.69) is 31.3 Å². The van der Waals surface area contributed by atoms with Crippen LogP contribution in [0, 0.1) is 5.92 Å². The average Bonchev–Trinajstić information content (AvgIpc) is 2.67. The maximum Gasteiger partial charge on any atom is 0.260 e. The summed E-state index contributed by atoms with van der Waals surface area (Å²) in [5.41, 5.74) is 7.20. The number of hydrogen-bond acceptors (Lipinski definition) is 4. The van der Waals surface area contributed by atoms with E-state index in [-0.39, 0.29) is 25.0 Å². The summed E-state index contributed by atoms with van der Waals surface area (Å²) >= 11 is 0. The van der Waals surface area contributed by atoms with Crippen molar-refractivity contribution in [3.05, 3.63) is 60.2 Å². The van der Waals surface area contributed by atoms with Crippen molar-refractivity contribution in [3.63, 3.8) is 0 Å². The molecule has 0 unspecified atom stereocenters. The van der Waals surface area contributed by atoms with E-state index in [1.54, 1.807) is 17.0 Å². The lowest BCUT2D eigenvalue weighted by Gasteiger charge is -2.34. The standard InChI is InChI=1S/C21H25N3O3/c1-14(2)20(15-8-4-3-5-9-15)23-12-19(25)24-13-18(21(22)26)27-17-11-7-6-10-16(17)24/h3-11,14,18,20,23H,12-13H2,1-2H3,(H2,22,26)/t18-,20+/m1/s1. The third-order valence-electron chi connectivity index (χ3n) is 4.69. The molecule has 3 rings (SSSR count). The predicted molar refractivity (Wildman–Crippen MR) is 104 cm³/mol. The molecule has 1 aliphatic rings. The molecule has 142 valence electrons. The minimum atomic E-state index is -0.848. The van der Waals surface area contributed by atoms with Crippen LogP contribution in [-0.4, -0.2) is 31.0 Å². The van der Waals surface area contributed by atoms with Crippen LogP contribution < -0.4 is 20.7 Å². The first-order valence-corrected chi connectivity index (χ1v) is 9.11. The summed E-state index contributed by atoms with van der Waals surface area (Å²) in [6.45, 7) is 4.49. The van der Waals surface area contributed by atoms with E-state index in [9.17, 15) is 9.59 Å². The molecule has 0 spiro atoms. The first kappa shape index (κ1) is 18.9. The van der Waals surface area contributed by atoms with Crippen LogP contribution in [-0.2, 0) is 9.59 Å². The van der Waals surface area contributed by atoms with Gasteiger partial charge in [-0.05, 0) is 23.6 Å². The van der Waals surface area contributed by atoms with Gasteiger partial charge in [0.05, 0.1) is 18.8 Å². The molecule has 0 bridgehead atoms. The van der Waals surface area contributed by atoms with Crippen molar-refractivity contribution in [2.45, 2.75) is 26.0 Å².